The molecule has 0 saturated carbocycles. The van der Waals surface area contributed by atoms with Crippen LogP contribution in [0.2, 0.25) is 0 Å². The Hall–Kier alpha value is -1.40. The van der Waals surface area contributed by atoms with E-state index in [4.69, 9.17) is 0 Å². The molecule has 3 N–H and O–H groups in total. The monoisotopic (exact) mass is 297 g/mol. The number of hydrogen-bond acceptors (Lipinski definition) is 4. The lowest BCUT2D eigenvalue weighted by molar-refractivity contribution is -0.121. The summed E-state index contributed by atoms with van der Waals surface area (Å²) >= 11 is 1.59. The zero-order valence-corrected chi connectivity index (χ0v) is 13.1. The first-order chi connectivity index (χ1) is 9.49. The minimum Gasteiger partial charge on any atom is -0.356 e. The van der Waals surface area contributed by atoms with Gasteiger partial charge in [0.1, 0.15) is 0 Å². The first-order valence-corrected chi connectivity index (χ1v) is 7.68. The molecule has 1 rings (SSSR count). The number of nitrogens with one attached hydrogen (secondary N) is 3. The van der Waals surface area contributed by atoms with Crippen LogP contribution < -0.4 is 16.0 Å². The predicted octanol–water partition coefficient (Wildman–Crippen LogP) is 1.96. The lowest BCUT2D eigenvalue weighted by Crippen LogP contribution is -2.30. The summed E-state index contributed by atoms with van der Waals surface area (Å²) in [5, 5.41) is 10.8. The van der Waals surface area contributed by atoms with Crippen molar-refractivity contribution in [3.8, 4) is 0 Å². The largest absolute Gasteiger partial charge is 0.356 e. The van der Waals surface area contributed by atoms with Gasteiger partial charge in [0.25, 0.3) is 0 Å². The number of thiophene rings is 1. The molecule has 0 unspecified atom stereocenters. The van der Waals surface area contributed by atoms with Crippen LogP contribution in [0.3, 0.4) is 0 Å². The van der Waals surface area contributed by atoms with Gasteiger partial charge >= 0.3 is 0 Å². The van der Waals surface area contributed by atoms with Gasteiger partial charge in [0, 0.05) is 37.9 Å². The number of anilines is 1. The van der Waals surface area contributed by atoms with Crippen molar-refractivity contribution in [3.05, 3.63) is 16.3 Å². The third-order valence-corrected chi connectivity index (χ3v) is 3.50. The summed E-state index contributed by atoms with van der Waals surface area (Å²) < 4.78 is 0. The summed E-state index contributed by atoms with van der Waals surface area (Å²) in [6, 6.07) is 1.89. The summed E-state index contributed by atoms with van der Waals surface area (Å²) in [4.78, 5) is 23.6. The maximum absolute atomic E-state index is 11.5. The summed E-state index contributed by atoms with van der Waals surface area (Å²) in [7, 11) is 0. The minimum absolute atomic E-state index is 0.0689. The molecule has 0 fully saturated rings. The fraction of sp³-hybridized carbons (Fsp3) is 0.571. The molecular formula is C14H23N3O2S. The number of hydrogen-bond donors (Lipinski definition) is 3. The highest BCUT2D eigenvalue weighted by Gasteiger charge is 2.06. The Bertz CT molecular complexity index is 443. The Morgan fingerprint density at radius 1 is 1.35 bits per heavy atom. The molecule has 0 radical (unpaired) electrons. The number of rotatable bonds is 8. The predicted molar refractivity (Wildman–Crippen MR) is 82.8 cm³/mol. The maximum atomic E-state index is 11.5. The van der Waals surface area contributed by atoms with E-state index in [0.29, 0.717) is 25.4 Å². The molecule has 20 heavy (non-hydrogen) atoms. The molecule has 0 saturated heterocycles. The van der Waals surface area contributed by atoms with E-state index in [1.807, 2.05) is 11.4 Å². The van der Waals surface area contributed by atoms with Crippen LogP contribution in [0, 0.1) is 5.92 Å². The molecule has 0 atom stereocenters. The van der Waals surface area contributed by atoms with Gasteiger partial charge in [-0.2, -0.15) is 0 Å². The van der Waals surface area contributed by atoms with Gasteiger partial charge in [-0.05, 0) is 17.4 Å². The van der Waals surface area contributed by atoms with Crippen LogP contribution in [0.1, 0.15) is 32.1 Å². The quantitative estimate of drug-likeness (QED) is 0.642. The molecule has 6 heteroatoms. The van der Waals surface area contributed by atoms with Gasteiger partial charge < -0.3 is 16.0 Å². The van der Waals surface area contributed by atoms with Crippen LogP contribution in [0.15, 0.2) is 11.4 Å². The first-order valence-electron chi connectivity index (χ1n) is 6.80. The normalized spacial score (nSPS) is 10.6. The minimum atomic E-state index is -0.0716. The van der Waals surface area contributed by atoms with Crippen LogP contribution in [0.5, 0.6) is 0 Å². The Kier molecular flexibility index (Phi) is 7.25. The standard InChI is InChI=1S/C14H23N3O2S/c1-10(2)8-16-14(19)4-6-15-9-13-12(5-7-20-13)17-11(3)18/h5,7,10,15H,4,6,8-9H2,1-3H3,(H,16,19)(H,17,18). The molecule has 0 spiro atoms. The van der Waals surface area contributed by atoms with Gasteiger partial charge in [-0.1, -0.05) is 13.8 Å². The molecule has 0 bridgehead atoms. The second-order valence-corrected chi connectivity index (χ2v) is 6.06. The van der Waals surface area contributed by atoms with E-state index in [2.05, 4.69) is 29.8 Å². The highest BCUT2D eigenvalue weighted by atomic mass is 32.1. The van der Waals surface area contributed by atoms with E-state index in [1.54, 1.807) is 11.3 Å². The van der Waals surface area contributed by atoms with Crippen LogP contribution in [0.4, 0.5) is 5.69 Å². The molecule has 2 amide bonds. The van der Waals surface area contributed by atoms with Gasteiger partial charge in [-0.3, -0.25) is 9.59 Å². The van der Waals surface area contributed by atoms with Gasteiger partial charge in [-0.25, -0.2) is 0 Å². The van der Waals surface area contributed by atoms with Crippen molar-refractivity contribution in [2.45, 2.75) is 33.7 Å². The summed E-state index contributed by atoms with van der Waals surface area (Å²) in [5.74, 6) is 0.468. The molecule has 112 valence electrons. The van der Waals surface area contributed by atoms with Crippen molar-refractivity contribution in [2.24, 2.45) is 5.92 Å². The topological polar surface area (TPSA) is 70.2 Å². The average Bonchev–Trinajstić information content (AvgIpc) is 2.78. The van der Waals surface area contributed by atoms with Crippen LogP contribution in [-0.4, -0.2) is 24.9 Å². The maximum Gasteiger partial charge on any atom is 0.221 e. The molecule has 1 aromatic rings. The number of carbonyl (C=O) groups excluding carboxylic acids is 2. The van der Waals surface area contributed by atoms with Gasteiger partial charge in [0.2, 0.25) is 11.8 Å². The summed E-state index contributed by atoms with van der Waals surface area (Å²) in [6.45, 7) is 7.63. The number of carbonyl (C=O) groups is 2. The molecule has 0 aliphatic heterocycles. The van der Waals surface area contributed by atoms with E-state index in [0.717, 1.165) is 17.1 Å². The fourth-order valence-electron chi connectivity index (χ4n) is 1.59. The Labute approximate surface area is 124 Å². The van der Waals surface area contributed by atoms with Crippen molar-refractivity contribution in [3.63, 3.8) is 0 Å². The average molecular weight is 297 g/mol. The first kappa shape index (κ1) is 16.7. The van der Waals surface area contributed by atoms with Gasteiger partial charge in [0.05, 0.1) is 5.69 Å². The summed E-state index contributed by atoms with van der Waals surface area (Å²) in [5.41, 5.74) is 0.847. The molecule has 0 aliphatic rings. The molecule has 0 aromatic carbocycles. The third kappa shape index (κ3) is 6.68. The van der Waals surface area contributed by atoms with Crippen LogP contribution in [-0.2, 0) is 16.1 Å². The van der Waals surface area contributed by atoms with E-state index in [9.17, 15) is 9.59 Å². The molecule has 0 aliphatic carbocycles. The van der Waals surface area contributed by atoms with Crippen LogP contribution >= 0.6 is 11.3 Å². The zero-order valence-electron chi connectivity index (χ0n) is 12.3. The van der Waals surface area contributed by atoms with E-state index in [-0.39, 0.29) is 11.8 Å². The second kappa shape index (κ2) is 8.71. The lowest BCUT2D eigenvalue weighted by atomic mass is 10.2. The SMILES string of the molecule is CC(=O)Nc1ccsc1CNCCC(=O)NCC(C)C. The molecule has 5 nitrogen and oxygen atoms in total. The molecule has 1 aromatic heterocycles. The smallest absolute Gasteiger partial charge is 0.221 e. The fourth-order valence-corrected chi connectivity index (χ4v) is 2.39. The third-order valence-electron chi connectivity index (χ3n) is 2.58. The second-order valence-electron chi connectivity index (χ2n) is 5.06. The van der Waals surface area contributed by atoms with Crippen molar-refractivity contribution in [1.82, 2.24) is 10.6 Å². The van der Waals surface area contributed by atoms with E-state index >= 15 is 0 Å². The highest BCUT2D eigenvalue weighted by Crippen LogP contribution is 2.21. The van der Waals surface area contributed by atoms with Gasteiger partial charge in [0.15, 0.2) is 0 Å². The molecular weight excluding hydrogens is 274 g/mol. The highest BCUT2D eigenvalue weighted by molar-refractivity contribution is 7.10. The zero-order chi connectivity index (χ0) is 15.0. The van der Waals surface area contributed by atoms with Gasteiger partial charge in [-0.15, -0.1) is 11.3 Å². The summed E-state index contributed by atoms with van der Waals surface area (Å²) in [6.07, 6.45) is 0.466. The molecule has 1 heterocycles. The van der Waals surface area contributed by atoms with Crippen molar-refractivity contribution in [2.75, 3.05) is 18.4 Å². The Morgan fingerprint density at radius 3 is 2.75 bits per heavy atom. The van der Waals surface area contributed by atoms with Crippen LogP contribution in [0.25, 0.3) is 0 Å². The lowest BCUT2D eigenvalue weighted by Gasteiger charge is -2.08. The van der Waals surface area contributed by atoms with E-state index in [1.165, 1.54) is 6.92 Å². The Morgan fingerprint density at radius 2 is 2.10 bits per heavy atom. The van der Waals surface area contributed by atoms with E-state index < -0.39 is 0 Å². The Balaban J connectivity index is 2.22. The van der Waals surface area contributed by atoms with Crippen molar-refractivity contribution in [1.29, 1.82) is 0 Å². The van der Waals surface area contributed by atoms with Crippen molar-refractivity contribution >= 4 is 28.8 Å². The number of amides is 2. The van der Waals surface area contributed by atoms with Crippen molar-refractivity contribution < 1.29 is 9.59 Å².